The Bertz CT molecular complexity index is 645. The Morgan fingerprint density at radius 1 is 1.18 bits per heavy atom. The molecule has 0 saturated heterocycles. The minimum Gasteiger partial charge on any atom is -0.417 e. The van der Waals surface area contributed by atoms with Gasteiger partial charge < -0.3 is 10.5 Å². The van der Waals surface area contributed by atoms with Gasteiger partial charge in [-0.15, -0.1) is 0 Å². The first kappa shape index (κ1) is 16.2. The highest BCUT2D eigenvalue weighted by Crippen LogP contribution is 2.36. The first-order chi connectivity index (χ1) is 10.6. The summed E-state index contributed by atoms with van der Waals surface area (Å²) in [7, 11) is 0. The van der Waals surface area contributed by atoms with Crippen LogP contribution in [0.2, 0.25) is 0 Å². The molecule has 22 heavy (non-hydrogen) atoms. The van der Waals surface area contributed by atoms with E-state index in [1.807, 2.05) is 19.9 Å². The number of rotatable bonds is 3. The number of aryl methyl sites for hydroxylation is 1. The van der Waals surface area contributed by atoms with E-state index in [9.17, 15) is 8.78 Å². The number of anilines is 1. The second-order valence-electron chi connectivity index (χ2n) is 4.78. The van der Waals surface area contributed by atoms with E-state index in [-0.39, 0.29) is 5.88 Å². The lowest BCUT2D eigenvalue weighted by molar-refractivity contribution is -0.0528. The SMILES string of the molecule is CC.Nc1c(-c2ccnc(OC(F)F)c2)ccc2c1CCC2. The average Bonchev–Trinajstić information content (AvgIpc) is 2.99. The summed E-state index contributed by atoms with van der Waals surface area (Å²) in [5.41, 5.74) is 11.0. The Morgan fingerprint density at radius 2 is 1.95 bits per heavy atom. The van der Waals surface area contributed by atoms with Crippen LogP contribution in [0.15, 0.2) is 30.5 Å². The van der Waals surface area contributed by atoms with Gasteiger partial charge >= 0.3 is 6.61 Å². The molecule has 2 aromatic rings. The Hall–Kier alpha value is -2.17. The molecule has 118 valence electrons. The van der Waals surface area contributed by atoms with E-state index in [2.05, 4.69) is 15.8 Å². The molecule has 1 aliphatic carbocycles. The van der Waals surface area contributed by atoms with E-state index in [1.54, 1.807) is 6.07 Å². The summed E-state index contributed by atoms with van der Waals surface area (Å²) < 4.78 is 28.8. The lowest BCUT2D eigenvalue weighted by atomic mass is 9.98. The number of hydrogen-bond acceptors (Lipinski definition) is 3. The molecule has 3 nitrogen and oxygen atoms in total. The van der Waals surface area contributed by atoms with Gasteiger partial charge in [-0.2, -0.15) is 8.78 Å². The molecule has 1 aromatic carbocycles. The maximum absolute atomic E-state index is 12.2. The van der Waals surface area contributed by atoms with E-state index >= 15 is 0 Å². The van der Waals surface area contributed by atoms with Crippen LogP contribution >= 0.6 is 0 Å². The number of halogens is 2. The topological polar surface area (TPSA) is 48.1 Å². The number of nitrogens with zero attached hydrogens (tertiary/aromatic N) is 1. The average molecular weight is 306 g/mol. The van der Waals surface area contributed by atoms with Gasteiger partial charge in [0.15, 0.2) is 0 Å². The molecule has 0 amide bonds. The first-order valence-electron chi connectivity index (χ1n) is 7.46. The van der Waals surface area contributed by atoms with Crippen LogP contribution in [-0.4, -0.2) is 11.6 Å². The molecular weight excluding hydrogens is 286 g/mol. The van der Waals surface area contributed by atoms with Crippen LogP contribution in [0.5, 0.6) is 5.88 Å². The summed E-state index contributed by atoms with van der Waals surface area (Å²) in [4.78, 5) is 3.76. The number of nitrogens with two attached hydrogens (primary N) is 1. The lowest BCUT2D eigenvalue weighted by Gasteiger charge is -2.12. The molecule has 5 heteroatoms. The number of hydrogen-bond donors (Lipinski definition) is 1. The normalized spacial score (nSPS) is 12.6. The predicted octanol–water partition coefficient (Wildman–Crippen LogP) is 4.45. The van der Waals surface area contributed by atoms with Crippen LogP contribution < -0.4 is 10.5 Å². The highest BCUT2D eigenvalue weighted by molar-refractivity contribution is 5.80. The van der Waals surface area contributed by atoms with Crippen LogP contribution in [-0.2, 0) is 12.8 Å². The van der Waals surface area contributed by atoms with Crippen molar-refractivity contribution in [3.05, 3.63) is 41.6 Å². The van der Waals surface area contributed by atoms with E-state index in [1.165, 1.54) is 23.4 Å². The summed E-state index contributed by atoms with van der Waals surface area (Å²) >= 11 is 0. The molecule has 0 spiro atoms. The van der Waals surface area contributed by atoms with Crippen molar-refractivity contribution in [1.82, 2.24) is 4.98 Å². The standard InChI is InChI=1S/C15H14F2N2O.C2H6/c16-15(17)20-13-8-10(6-7-19-13)12-5-4-9-2-1-3-11(9)14(12)18;1-2/h4-8,15H,1-3,18H2;1-2H3. The van der Waals surface area contributed by atoms with Crippen LogP contribution in [0.25, 0.3) is 11.1 Å². The van der Waals surface area contributed by atoms with E-state index in [0.29, 0.717) is 0 Å². The van der Waals surface area contributed by atoms with Crippen molar-refractivity contribution in [3.63, 3.8) is 0 Å². The third-order valence-electron chi connectivity index (χ3n) is 3.58. The number of nitrogen functional groups attached to an aromatic ring is 1. The van der Waals surface area contributed by atoms with Gasteiger partial charge in [-0.1, -0.05) is 26.0 Å². The van der Waals surface area contributed by atoms with E-state index in [0.717, 1.165) is 36.1 Å². The molecule has 0 bridgehead atoms. The highest BCUT2D eigenvalue weighted by atomic mass is 19.3. The fourth-order valence-corrected chi connectivity index (χ4v) is 2.68. The molecule has 1 aliphatic rings. The maximum atomic E-state index is 12.2. The number of aromatic nitrogens is 1. The van der Waals surface area contributed by atoms with Gasteiger partial charge in [0.05, 0.1) is 0 Å². The van der Waals surface area contributed by atoms with Crippen molar-refractivity contribution in [2.24, 2.45) is 0 Å². The second-order valence-corrected chi connectivity index (χ2v) is 4.78. The fourth-order valence-electron chi connectivity index (χ4n) is 2.68. The second kappa shape index (κ2) is 7.20. The summed E-state index contributed by atoms with van der Waals surface area (Å²) in [6, 6.07) is 7.22. The van der Waals surface area contributed by atoms with E-state index in [4.69, 9.17) is 5.73 Å². The van der Waals surface area contributed by atoms with Crippen molar-refractivity contribution in [2.45, 2.75) is 39.7 Å². The van der Waals surface area contributed by atoms with Crippen molar-refractivity contribution < 1.29 is 13.5 Å². The summed E-state index contributed by atoms with van der Waals surface area (Å²) in [5, 5.41) is 0. The molecule has 0 saturated carbocycles. The number of pyridine rings is 1. The Balaban J connectivity index is 0.000000847. The number of benzene rings is 1. The van der Waals surface area contributed by atoms with Crippen molar-refractivity contribution in [2.75, 3.05) is 5.73 Å². The van der Waals surface area contributed by atoms with E-state index < -0.39 is 6.61 Å². The van der Waals surface area contributed by atoms with Gasteiger partial charge in [-0.3, -0.25) is 0 Å². The third-order valence-corrected chi connectivity index (χ3v) is 3.58. The zero-order valence-corrected chi connectivity index (χ0v) is 12.8. The Labute approximate surface area is 129 Å². The van der Waals surface area contributed by atoms with Crippen LogP contribution in [0, 0.1) is 0 Å². The quantitative estimate of drug-likeness (QED) is 0.852. The molecular formula is C17H20F2N2O. The molecule has 1 aromatic heterocycles. The smallest absolute Gasteiger partial charge is 0.388 e. The fraction of sp³-hybridized carbons (Fsp3) is 0.353. The molecule has 3 rings (SSSR count). The summed E-state index contributed by atoms with van der Waals surface area (Å²) in [6.07, 6.45) is 4.58. The molecule has 0 aliphatic heterocycles. The van der Waals surface area contributed by atoms with Gasteiger partial charge in [0.1, 0.15) is 0 Å². The lowest BCUT2D eigenvalue weighted by Crippen LogP contribution is -2.03. The Kier molecular flexibility index (Phi) is 5.31. The first-order valence-corrected chi connectivity index (χ1v) is 7.46. The summed E-state index contributed by atoms with van der Waals surface area (Å²) in [5.74, 6) is -0.0996. The van der Waals surface area contributed by atoms with Crippen LogP contribution in [0.3, 0.4) is 0 Å². The molecule has 0 radical (unpaired) electrons. The predicted molar refractivity (Wildman–Crippen MR) is 84.1 cm³/mol. The van der Waals surface area contributed by atoms with Gasteiger partial charge in [0.25, 0.3) is 0 Å². The van der Waals surface area contributed by atoms with Crippen LogP contribution in [0.4, 0.5) is 14.5 Å². The molecule has 0 atom stereocenters. The number of alkyl halides is 2. The molecule has 0 unspecified atom stereocenters. The van der Waals surface area contributed by atoms with Crippen LogP contribution in [0.1, 0.15) is 31.4 Å². The number of fused-ring (bicyclic) bond motifs is 1. The molecule has 2 N–H and O–H groups in total. The van der Waals surface area contributed by atoms with Gasteiger partial charge in [0.2, 0.25) is 5.88 Å². The maximum Gasteiger partial charge on any atom is 0.388 e. The highest BCUT2D eigenvalue weighted by Gasteiger charge is 2.17. The summed E-state index contributed by atoms with van der Waals surface area (Å²) in [6.45, 7) is 1.12. The van der Waals surface area contributed by atoms with Crippen molar-refractivity contribution in [1.29, 1.82) is 0 Å². The molecule has 0 fully saturated rings. The Morgan fingerprint density at radius 3 is 2.68 bits per heavy atom. The minimum atomic E-state index is -2.88. The minimum absolute atomic E-state index is 0.0996. The monoisotopic (exact) mass is 306 g/mol. The molecule has 1 heterocycles. The van der Waals surface area contributed by atoms with Gasteiger partial charge in [0, 0.05) is 23.5 Å². The van der Waals surface area contributed by atoms with Crippen molar-refractivity contribution >= 4 is 5.69 Å². The zero-order chi connectivity index (χ0) is 16.1. The number of ether oxygens (including phenoxy) is 1. The zero-order valence-electron chi connectivity index (χ0n) is 12.8. The van der Waals surface area contributed by atoms with Gasteiger partial charge in [-0.25, -0.2) is 4.98 Å². The third kappa shape index (κ3) is 3.35. The van der Waals surface area contributed by atoms with Gasteiger partial charge in [-0.05, 0) is 42.0 Å². The van der Waals surface area contributed by atoms with Crippen molar-refractivity contribution in [3.8, 4) is 17.0 Å². The largest absolute Gasteiger partial charge is 0.417 e.